The second kappa shape index (κ2) is 6.30. The fraction of sp³-hybridized carbons (Fsp3) is 0.900. The average Bonchev–Trinajstić information content (AvgIpc) is 2.95. The zero-order chi connectivity index (χ0) is 10.4. The summed E-state index contributed by atoms with van der Waals surface area (Å²) >= 11 is 1.78. The predicted octanol–water partition coefficient (Wildman–Crippen LogP) is 1.13. The summed E-state index contributed by atoms with van der Waals surface area (Å²) < 4.78 is 0. The second-order valence-corrected chi connectivity index (χ2v) is 4.98. The van der Waals surface area contributed by atoms with Crippen LogP contribution >= 0.6 is 11.8 Å². The number of nitrogens with two attached hydrogens (primary N) is 1. The van der Waals surface area contributed by atoms with Crippen molar-refractivity contribution in [3.63, 3.8) is 0 Å². The van der Waals surface area contributed by atoms with Crippen molar-refractivity contribution >= 4 is 17.7 Å². The van der Waals surface area contributed by atoms with Crippen LogP contribution in [-0.2, 0) is 4.79 Å². The molecule has 0 heterocycles. The minimum absolute atomic E-state index is 0.199. The summed E-state index contributed by atoms with van der Waals surface area (Å²) in [5, 5.41) is 2.97. The molecule has 0 spiro atoms. The molecule has 0 bridgehead atoms. The summed E-state index contributed by atoms with van der Waals surface area (Å²) in [4.78, 5) is 11.3. The van der Waals surface area contributed by atoms with Gasteiger partial charge >= 0.3 is 0 Å². The summed E-state index contributed by atoms with van der Waals surface area (Å²) in [6.45, 7) is 2.09. The Hall–Kier alpha value is -0.220. The van der Waals surface area contributed by atoms with Gasteiger partial charge in [0.15, 0.2) is 0 Å². The summed E-state index contributed by atoms with van der Waals surface area (Å²) in [6.07, 6.45) is 3.98. The van der Waals surface area contributed by atoms with Crippen LogP contribution in [0.5, 0.6) is 0 Å². The maximum absolute atomic E-state index is 11.3. The van der Waals surface area contributed by atoms with Gasteiger partial charge in [0.05, 0.1) is 0 Å². The Bertz CT molecular complexity index is 183. The molecule has 3 nitrogen and oxygen atoms in total. The first kappa shape index (κ1) is 11.9. The van der Waals surface area contributed by atoms with Gasteiger partial charge in [-0.15, -0.1) is 0 Å². The minimum Gasteiger partial charge on any atom is -0.353 e. The van der Waals surface area contributed by atoms with Crippen LogP contribution in [0.15, 0.2) is 0 Å². The fourth-order valence-corrected chi connectivity index (χ4v) is 2.08. The first-order valence-corrected chi connectivity index (χ1v) is 6.50. The van der Waals surface area contributed by atoms with E-state index in [0.29, 0.717) is 12.5 Å². The minimum atomic E-state index is 0.199. The average molecular weight is 216 g/mol. The van der Waals surface area contributed by atoms with Gasteiger partial charge in [-0.3, -0.25) is 4.79 Å². The molecule has 1 fully saturated rings. The molecule has 1 rings (SSSR count). The molecule has 0 aliphatic heterocycles. The Balaban J connectivity index is 1.89. The van der Waals surface area contributed by atoms with Crippen molar-refractivity contribution in [1.29, 1.82) is 0 Å². The Kier molecular flexibility index (Phi) is 5.33. The van der Waals surface area contributed by atoms with Gasteiger partial charge in [0, 0.05) is 30.0 Å². The lowest BCUT2D eigenvalue weighted by atomic mass is 10.3. The third-order valence-electron chi connectivity index (χ3n) is 2.27. The van der Waals surface area contributed by atoms with Gasteiger partial charge in [0.1, 0.15) is 0 Å². The van der Waals surface area contributed by atoms with Gasteiger partial charge in [-0.1, -0.05) is 6.92 Å². The number of amides is 1. The maximum Gasteiger partial charge on any atom is 0.221 e. The number of carbonyl (C=O) groups is 1. The largest absolute Gasteiger partial charge is 0.353 e. The third kappa shape index (κ3) is 5.50. The van der Waals surface area contributed by atoms with E-state index >= 15 is 0 Å². The first-order chi connectivity index (χ1) is 6.72. The molecule has 1 aliphatic rings. The number of hydrogen-bond acceptors (Lipinski definition) is 3. The Morgan fingerprint density at radius 3 is 2.93 bits per heavy atom. The van der Waals surface area contributed by atoms with E-state index in [1.165, 1.54) is 12.8 Å². The van der Waals surface area contributed by atoms with Gasteiger partial charge in [-0.05, 0) is 19.3 Å². The van der Waals surface area contributed by atoms with Crippen molar-refractivity contribution in [2.75, 3.05) is 11.5 Å². The van der Waals surface area contributed by atoms with Crippen molar-refractivity contribution in [3.05, 3.63) is 0 Å². The molecule has 1 saturated carbocycles. The van der Waals surface area contributed by atoms with Gasteiger partial charge in [0.2, 0.25) is 5.91 Å². The lowest BCUT2D eigenvalue weighted by Gasteiger charge is -2.07. The van der Waals surface area contributed by atoms with Crippen LogP contribution in [0.2, 0.25) is 0 Å². The number of rotatable bonds is 7. The predicted molar refractivity (Wildman–Crippen MR) is 61.4 cm³/mol. The van der Waals surface area contributed by atoms with Gasteiger partial charge in [-0.2, -0.15) is 11.8 Å². The summed E-state index contributed by atoms with van der Waals surface area (Å²) in [6, 6.07) is 0.775. The molecule has 1 aliphatic carbocycles. The van der Waals surface area contributed by atoms with Crippen molar-refractivity contribution in [2.45, 2.75) is 44.7 Å². The molecule has 1 unspecified atom stereocenters. The van der Waals surface area contributed by atoms with Crippen LogP contribution in [0.25, 0.3) is 0 Å². The molecule has 14 heavy (non-hydrogen) atoms. The fourth-order valence-electron chi connectivity index (χ4n) is 1.04. The monoisotopic (exact) mass is 216 g/mol. The standard InChI is InChI=1S/C10H20N2OS/c1-2-8(11)7-14-6-5-10(13)12-9-3-4-9/h8-9H,2-7,11H2,1H3,(H,12,13). The van der Waals surface area contributed by atoms with Crippen molar-refractivity contribution in [3.8, 4) is 0 Å². The summed E-state index contributed by atoms with van der Waals surface area (Å²) in [5.74, 6) is 2.06. The molecular formula is C10H20N2OS. The molecule has 0 aromatic rings. The van der Waals surface area contributed by atoms with E-state index in [9.17, 15) is 4.79 Å². The third-order valence-corrected chi connectivity index (χ3v) is 3.43. The van der Waals surface area contributed by atoms with Crippen LogP contribution < -0.4 is 11.1 Å². The van der Waals surface area contributed by atoms with Crippen LogP contribution in [0, 0.1) is 0 Å². The molecule has 1 amide bonds. The first-order valence-electron chi connectivity index (χ1n) is 5.35. The summed E-state index contributed by atoms with van der Waals surface area (Å²) in [5.41, 5.74) is 5.76. The van der Waals surface area contributed by atoms with Crippen molar-refractivity contribution in [1.82, 2.24) is 5.32 Å². The van der Waals surface area contributed by atoms with Crippen molar-refractivity contribution < 1.29 is 4.79 Å². The van der Waals surface area contributed by atoms with Crippen LogP contribution in [0.1, 0.15) is 32.6 Å². The highest BCUT2D eigenvalue weighted by Crippen LogP contribution is 2.18. The maximum atomic E-state index is 11.3. The quantitative estimate of drug-likeness (QED) is 0.627. The van der Waals surface area contributed by atoms with Gasteiger partial charge in [-0.25, -0.2) is 0 Å². The van der Waals surface area contributed by atoms with E-state index in [1.54, 1.807) is 11.8 Å². The highest BCUT2D eigenvalue weighted by atomic mass is 32.2. The molecule has 3 N–H and O–H groups in total. The topological polar surface area (TPSA) is 55.1 Å². The van der Waals surface area contributed by atoms with Gasteiger partial charge in [0.25, 0.3) is 0 Å². The lowest BCUT2D eigenvalue weighted by Crippen LogP contribution is -2.26. The molecule has 0 aromatic heterocycles. The highest BCUT2D eigenvalue weighted by molar-refractivity contribution is 7.99. The van der Waals surface area contributed by atoms with Crippen LogP contribution in [0.3, 0.4) is 0 Å². The SMILES string of the molecule is CCC(N)CSCCC(=O)NC1CC1. The number of thioether (sulfide) groups is 1. The highest BCUT2D eigenvalue weighted by Gasteiger charge is 2.22. The van der Waals surface area contributed by atoms with Crippen LogP contribution in [-0.4, -0.2) is 29.5 Å². The molecule has 82 valence electrons. The van der Waals surface area contributed by atoms with Gasteiger partial charge < -0.3 is 11.1 Å². The summed E-state index contributed by atoms with van der Waals surface area (Å²) in [7, 11) is 0. The molecule has 1 atom stereocenters. The molecule has 0 radical (unpaired) electrons. The van der Waals surface area contributed by atoms with E-state index in [0.717, 1.165) is 17.9 Å². The molecule has 0 aromatic carbocycles. The van der Waals surface area contributed by atoms with E-state index in [-0.39, 0.29) is 11.9 Å². The van der Waals surface area contributed by atoms with Crippen LogP contribution in [0.4, 0.5) is 0 Å². The Labute approximate surface area is 90.2 Å². The number of hydrogen-bond donors (Lipinski definition) is 2. The Morgan fingerprint density at radius 2 is 2.36 bits per heavy atom. The second-order valence-electron chi connectivity index (χ2n) is 3.84. The van der Waals surface area contributed by atoms with E-state index < -0.39 is 0 Å². The van der Waals surface area contributed by atoms with E-state index in [2.05, 4.69) is 12.2 Å². The normalized spacial score (nSPS) is 17.9. The van der Waals surface area contributed by atoms with E-state index in [1.807, 2.05) is 0 Å². The molecule has 0 saturated heterocycles. The van der Waals surface area contributed by atoms with Crippen molar-refractivity contribution in [2.24, 2.45) is 5.73 Å². The lowest BCUT2D eigenvalue weighted by molar-refractivity contribution is -0.120. The molecule has 4 heteroatoms. The zero-order valence-electron chi connectivity index (χ0n) is 8.79. The number of carbonyl (C=O) groups excluding carboxylic acids is 1. The zero-order valence-corrected chi connectivity index (χ0v) is 9.61. The number of nitrogens with one attached hydrogen (secondary N) is 1. The molecular weight excluding hydrogens is 196 g/mol. The van der Waals surface area contributed by atoms with E-state index in [4.69, 9.17) is 5.73 Å². The smallest absolute Gasteiger partial charge is 0.221 e. The Morgan fingerprint density at radius 1 is 1.64 bits per heavy atom.